The van der Waals surface area contributed by atoms with E-state index in [1.807, 2.05) is 0 Å². The topological polar surface area (TPSA) is 46.5 Å². The molecule has 1 aromatic rings. The lowest BCUT2D eigenvalue weighted by molar-refractivity contribution is -0.107. The van der Waals surface area contributed by atoms with E-state index in [2.05, 4.69) is 15.9 Å². The van der Waals surface area contributed by atoms with Gasteiger partial charge in [-0.25, -0.2) is 0 Å². The van der Waals surface area contributed by atoms with Crippen molar-refractivity contribution in [3.8, 4) is 11.5 Å². The monoisotopic (exact) mass is 258 g/mol. The molecule has 0 saturated carbocycles. The average Bonchev–Trinajstić information content (AvgIpc) is 2.18. The highest BCUT2D eigenvalue weighted by atomic mass is 79.9. The van der Waals surface area contributed by atoms with Crippen LogP contribution in [0.25, 0.3) is 0 Å². The largest absolute Gasteiger partial charge is 0.504 e. The minimum Gasteiger partial charge on any atom is -0.504 e. The molecule has 0 aliphatic heterocycles. The fourth-order valence-electron chi connectivity index (χ4n) is 1.16. The number of aryl methyl sites for hydroxylation is 1. The number of halogens is 1. The van der Waals surface area contributed by atoms with Crippen molar-refractivity contribution in [2.75, 3.05) is 7.11 Å². The van der Waals surface area contributed by atoms with Crippen molar-refractivity contribution in [2.24, 2.45) is 0 Å². The number of rotatable bonds is 4. The molecule has 0 heterocycles. The third kappa shape index (κ3) is 2.48. The third-order valence-corrected chi connectivity index (χ3v) is 2.62. The van der Waals surface area contributed by atoms with Gasteiger partial charge >= 0.3 is 0 Å². The van der Waals surface area contributed by atoms with E-state index >= 15 is 0 Å². The summed E-state index contributed by atoms with van der Waals surface area (Å²) >= 11 is 3.35. The Morgan fingerprint density at radius 2 is 2.29 bits per heavy atom. The number of phenols is 1. The SMILES string of the molecule is COc1cc(Br)c(CCC=O)cc1O. The summed E-state index contributed by atoms with van der Waals surface area (Å²) in [6.45, 7) is 0. The predicted octanol–water partition coefficient (Wildman–Crippen LogP) is 2.29. The van der Waals surface area contributed by atoms with Crippen LogP contribution in [0.2, 0.25) is 0 Å². The van der Waals surface area contributed by atoms with Gasteiger partial charge in [-0.3, -0.25) is 0 Å². The molecule has 0 radical (unpaired) electrons. The van der Waals surface area contributed by atoms with Crippen LogP contribution in [0.3, 0.4) is 0 Å². The first-order chi connectivity index (χ1) is 6.69. The predicted molar refractivity (Wildman–Crippen MR) is 56.7 cm³/mol. The fourth-order valence-corrected chi connectivity index (χ4v) is 1.68. The van der Waals surface area contributed by atoms with Crippen LogP contribution in [0.5, 0.6) is 11.5 Å². The second-order valence-electron chi connectivity index (χ2n) is 2.82. The summed E-state index contributed by atoms with van der Waals surface area (Å²) in [7, 11) is 1.49. The van der Waals surface area contributed by atoms with Crippen LogP contribution in [0.1, 0.15) is 12.0 Å². The third-order valence-electron chi connectivity index (χ3n) is 1.88. The molecule has 0 aliphatic rings. The van der Waals surface area contributed by atoms with Gasteiger partial charge in [-0.1, -0.05) is 15.9 Å². The first-order valence-electron chi connectivity index (χ1n) is 4.18. The van der Waals surface area contributed by atoms with E-state index in [0.29, 0.717) is 18.6 Å². The van der Waals surface area contributed by atoms with Crippen molar-refractivity contribution in [3.05, 3.63) is 22.2 Å². The number of hydrogen-bond donors (Lipinski definition) is 1. The Morgan fingerprint density at radius 1 is 1.57 bits per heavy atom. The Bertz CT molecular complexity index is 336. The molecule has 0 atom stereocenters. The fraction of sp³-hybridized carbons (Fsp3) is 0.300. The molecule has 1 rings (SSSR count). The number of carbonyl (C=O) groups excluding carboxylic acids is 1. The lowest BCUT2D eigenvalue weighted by atomic mass is 10.1. The van der Waals surface area contributed by atoms with E-state index in [-0.39, 0.29) is 5.75 Å². The molecular weight excluding hydrogens is 248 g/mol. The lowest BCUT2D eigenvalue weighted by Crippen LogP contribution is -1.90. The number of aldehydes is 1. The minimum atomic E-state index is 0.0941. The van der Waals surface area contributed by atoms with Crippen molar-refractivity contribution in [1.29, 1.82) is 0 Å². The Balaban J connectivity index is 2.96. The minimum absolute atomic E-state index is 0.0941. The summed E-state index contributed by atoms with van der Waals surface area (Å²) in [4.78, 5) is 10.2. The molecule has 0 amide bonds. The van der Waals surface area contributed by atoms with Crippen LogP contribution in [0, 0.1) is 0 Å². The zero-order valence-corrected chi connectivity index (χ0v) is 9.37. The van der Waals surface area contributed by atoms with Gasteiger partial charge in [0.15, 0.2) is 11.5 Å². The highest BCUT2D eigenvalue weighted by Gasteiger charge is 2.07. The zero-order valence-electron chi connectivity index (χ0n) is 7.79. The van der Waals surface area contributed by atoms with Gasteiger partial charge in [-0.15, -0.1) is 0 Å². The van der Waals surface area contributed by atoms with Crippen molar-refractivity contribution in [3.63, 3.8) is 0 Å². The number of ether oxygens (including phenoxy) is 1. The van der Waals surface area contributed by atoms with E-state index in [4.69, 9.17) is 4.74 Å². The summed E-state index contributed by atoms with van der Waals surface area (Å²) < 4.78 is 5.78. The summed E-state index contributed by atoms with van der Waals surface area (Å²) in [5.41, 5.74) is 0.899. The highest BCUT2D eigenvalue weighted by molar-refractivity contribution is 9.10. The number of methoxy groups -OCH3 is 1. The van der Waals surface area contributed by atoms with Crippen molar-refractivity contribution < 1.29 is 14.6 Å². The van der Waals surface area contributed by atoms with Gasteiger partial charge in [0.1, 0.15) is 6.29 Å². The zero-order chi connectivity index (χ0) is 10.6. The van der Waals surface area contributed by atoms with Gasteiger partial charge in [-0.2, -0.15) is 0 Å². The van der Waals surface area contributed by atoms with Crippen LogP contribution in [0.4, 0.5) is 0 Å². The molecule has 76 valence electrons. The van der Waals surface area contributed by atoms with Gasteiger partial charge in [0.05, 0.1) is 7.11 Å². The maximum atomic E-state index is 10.2. The van der Waals surface area contributed by atoms with E-state index in [0.717, 1.165) is 16.3 Å². The number of phenolic OH excluding ortho intramolecular Hbond substituents is 1. The van der Waals surface area contributed by atoms with Crippen molar-refractivity contribution in [1.82, 2.24) is 0 Å². The van der Waals surface area contributed by atoms with E-state index in [1.54, 1.807) is 12.1 Å². The van der Waals surface area contributed by atoms with Gasteiger partial charge in [0, 0.05) is 10.9 Å². The Morgan fingerprint density at radius 3 is 2.86 bits per heavy atom. The average molecular weight is 259 g/mol. The molecule has 3 nitrogen and oxygen atoms in total. The Kier molecular flexibility index (Phi) is 3.95. The summed E-state index contributed by atoms with van der Waals surface area (Å²) in [5, 5.41) is 9.48. The quantitative estimate of drug-likeness (QED) is 0.844. The number of aromatic hydroxyl groups is 1. The molecular formula is C10H11BrO3. The molecule has 0 aliphatic carbocycles. The van der Waals surface area contributed by atoms with Crippen molar-refractivity contribution >= 4 is 22.2 Å². The number of benzene rings is 1. The van der Waals surface area contributed by atoms with Gasteiger partial charge in [-0.05, 0) is 24.1 Å². The molecule has 1 N–H and O–H groups in total. The Labute approximate surface area is 90.8 Å². The maximum Gasteiger partial charge on any atom is 0.161 e. The first-order valence-corrected chi connectivity index (χ1v) is 4.97. The molecule has 1 aromatic carbocycles. The molecule has 0 bridgehead atoms. The summed E-state index contributed by atoms with van der Waals surface area (Å²) in [6, 6.07) is 3.29. The normalized spacial score (nSPS) is 9.86. The van der Waals surface area contributed by atoms with Crippen LogP contribution in [0.15, 0.2) is 16.6 Å². The van der Waals surface area contributed by atoms with E-state index < -0.39 is 0 Å². The highest BCUT2D eigenvalue weighted by Crippen LogP contribution is 2.32. The van der Waals surface area contributed by atoms with Crippen LogP contribution in [-0.4, -0.2) is 18.5 Å². The Hall–Kier alpha value is -1.03. The molecule has 4 heteroatoms. The molecule has 0 fully saturated rings. The molecule has 0 unspecified atom stereocenters. The number of carbonyl (C=O) groups is 1. The first kappa shape index (κ1) is 11.0. The molecule has 0 spiro atoms. The summed E-state index contributed by atoms with van der Waals surface area (Å²) in [5.74, 6) is 0.517. The summed E-state index contributed by atoms with van der Waals surface area (Å²) in [6.07, 6.45) is 1.92. The lowest BCUT2D eigenvalue weighted by Gasteiger charge is -2.07. The molecule has 14 heavy (non-hydrogen) atoms. The standard InChI is InChI=1S/C10H11BrO3/c1-14-10-6-8(11)7(3-2-4-12)5-9(10)13/h4-6,13H,2-3H2,1H3. The van der Waals surface area contributed by atoms with Gasteiger partial charge in [0.2, 0.25) is 0 Å². The molecule has 0 aromatic heterocycles. The molecule has 0 saturated heterocycles. The van der Waals surface area contributed by atoms with Crippen LogP contribution in [-0.2, 0) is 11.2 Å². The van der Waals surface area contributed by atoms with E-state index in [9.17, 15) is 9.90 Å². The smallest absolute Gasteiger partial charge is 0.161 e. The van der Waals surface area contributed by atoms with Gasteiger partial charge in [0.25, 0.3) is 0 Å². The van der Waals surface area contributed by atoms with Crippen LogP contribution < -0.4 is 4.74 Å². The van der Waals surface area contributed by atoms with Crippen molar-refractivity contribution in [2.45, 2.75) is 12.8 Å². The second-order valence-corrected chi connectivity index (χ2v) is 3.68. The number of hydrogen-bond acceptors (Lipinski definition) is 3. The van der Waals surface area contributed by atoms with Gasteiger partial charge < -0.3 is 14.6 Å². The van der Waals surface area contributed by atoms with Crippen LogP contribution >= 0.6 is 15.9 Å². The second kappa shape index (κ2) is 5.00. The maximum absolute atomic E-state index is 10.2. The van der Waals surface area contributed by atoms with E-state index in [1.165, 1.54) is 7.11 Å².